The smallest absolute Gasteiger partial charge is 0.348 e. The Bertz CT molecular complexity index is 720. The van der Waals surface area contributed by atoms with Crippen LogP contribution in [0.1, 0.15) is 41.3 Å². The zero-order chi connectivity index (χ0) is 15.6. The summed E-state index contributed by atoms with van der Waals surface area (Å²) in [7, 11) is 1.33. The number of ether oxygens (including phenoxy) is 1. The highest BCUT2D eigenvalue weighted by molar-refractivity contribution is 7.20. The quantitative estimate of drug-likeness (QED) is 0.805. The lowest BCUT2D eigenvalue weighted by molar-refractivity contribution is -0.702. The molecule has 0 radical (unpaired) electrons. The number of aromatic amines is 1. The van der Waals surface area contributed by atoms with Gasteiger partial charge in [-0.2, -0.15) is 0 Å². The van der Waals surface area contributed by atoms with Gasteiger partial charge in [0.1, 0.15) is 16.3 Å². The molecule has 0 fully saturated rings. The highest BCUT2D eigenvalue weighted by atomic mass is 32.1. The molecule has 114 valence electrons. The Balaban J connectivity index is 2.42. The molecule has 0 aliphatic heterocycles. The van der Waals surface area contributed by atoms with Crippen LogP contribution in [0.3, 0.4) is 0 Å². The number of fused-ring (bicyclic) bond motifs is 1. The van der Waals surface area contributed by atoms with E-state index in [1.165, 1.54) is 18.4 Å². The number of nitrogens with two attached hydrogens (primary N) is 1. The third kappa shape index (κ3) is 3.14. The van der Waals surface area contributed by atoms with E-state index in [-0.39, 0.29) is 5.56 Å². The standard InChI is InChI=1S/C14H19N3O3S/c1-5-7(2)15-6-9-16-12(18)10-8(3)11(14(19)20-4)21-13(10)17-9/h7,15H,5-6H2,1-4H3,(H,16,17,18)/p+1/t7-/m1/s1. The van der Waals surface area contributed by atoms with Gasteiger partial charge in [0.15, 0.2) is 5.82 Å². The SMILES string of the molecule is CC[C@@H](C)[NH2+]Cc1nc2sc(C(=O)OC)c(C)c2c(=O)[nH]1. The summed E-state index contributed by atoms with van der Waals surface area (Å²) >= 11 is 1.21. The second kappa shape index (κ2) is 6.36. The van der Waals surface area contributed by atoms with Crippen molar-refractivity contribution in [2.45, 2.75) is 39.8 Å². The van der Waals surface area contributed by atoms with Gasteiger partial charge in [-0.1, -0.05) is 6.92 Å². The molecule has 0 aliphatic carbocycles. The number of hydrogen-bond donors (Lipinski definition) is 2. The van der Waals surface area contributed by atoms with E-state index < -0.39 is 5.97 Å². The molecule has 3 N–H and O–H groups in total. The minimum Gasteiger partial charge on any atom is -0.465 e. The predicted molar refractivity (Wildman–Crippen MR) is 81.7 cm³/mol. The molecule has 0 amide bonds. The number of H-pyrrole nitrogens is 1. The van der Waals surface area contributed by atoms with Gasteiger partial charge in [-0.15, -0.1) is 11.3 Å². The first-order valence-corrected chi connectivity index (χ1v) is 7.73. The van der Waals surface area contributed by atoms with Crippen molar-refractivity contribution in [2.24, 2.45) is 0 Å². The van der Waals surface area contributed by atoms with Crippen LogP contribution in [-0.4, -0.2) is 29.1 Å². The van der Waals surface area contributed by atoms with E-state index in [0.717, 1.165) is 6.42 Å². The third-order valence-corrected chi connectivity index (χ3v) is 4.74. The molecule has 2 aromatic rings. The molecule has 0 saturated carbocycles. The van der Waals surface area contributed by atoms with Crippen LogP contribution in [0.15, 0.2) is 4.79 Å². The monoisotopic (exact) mass is 310 g/mol. The molecule has 0 unspecified atom stereocenters. The number of rotatable bonds is 5. The average Bonchev–Trinajstić information content (AvgIpc) is 2.81. The van der Waals surface area contributed by atoms with Crippen molar-refractivity contribution in [3.8, 4) is 0 Å². The van der Waals surface area contributed by atoms with Gasteiger partial charge in [-0.3, -0.25) is 4.79 Å². The molecule has 0 saturated heterocycles. The Labute approximate surface area is 126 Å². The van der Waals surface area contributed by atoms with Crippen LogP contribution in [0.4, 0.5) is 0 Å². The first-order chi connectivity index (χ1) is 9.97. The number of carbonyl (C=O) groups is 1. The summed E-state index contributed by atoms with van der Waals surface area (Å²) in [6, 6.07) is 0.474. The fraction of sp³-hybridized carbons (Fsp3) is 0.500. The first-order valence-electron chi connectivity index (χ1n) is 6.91. The molecule has 0 aromatic carbocycles. The van der Waals surface area contributed by atoms with Crippen molar-refractivity contribution < 1.29 is 14.8 Å². The summed E-state index contributed by atoms with van der Waals surface area (Å²) in [5.74, 6) is 0.202. The zero-order valence-electron chi connectivity index (χ0n) is 12.6. The number of hydrogen-bond acceptors (Lipinski definition) is 5. The van der Waals surface area contributed by atoms with Crippen LogP contribution in [0, 0.1) is 6.92 Å². The summed E-state index contributed by atoms with van der Waals surface area (Å²) in [5.41, 5.74) is 0.435. The summed E-state index contributed by atoms with van der Waals surface area (Å²) in [5, 5.41) is 2.61. The van der Waals surface area contributed by atoms with Crippen molar-refractivity contribution in [1.29, 1.82) is 0 Å². The third-order valence-electron chi connectivity index (χ3n) is 3.58. The predicted octanol–water partition coefficient (Wildman–Crippen LogP) is 0.942. The van der Waals surface area contributed by atoms with Crippen molar-refractivity contribution in [1.82, 2.24) is 9.97 Å². The van der Waals surface area contributed by atoms with Crippen LogP contribution < -0.4 is 10.9 Å². The number of thiophene rings is 1. The molecule has 2 aromatic heterocycles. The van der Waals surface area contributed by atoms with E-state index in [2.05, 4.69) is 29.1 Å². The number of carbonyl (C=O) groups excluding carboxylic acids is 1. The van der Waals surface area contributed by atoms with Gasteiger partial charge < -0.3 is 15.0 Å². The number of aryl methyl sites for hydroxylation is 1. The number of methoxy groups -OCH3 is 1. The summed E-state index contributed by atoms with van der Waals surface area (Å²) < 4.78 is 4.74. The van der Waals surface area contributed by atoms with Crippen LogP contribution >= 0.6 is 11.3 Å². The highest BCUT2D eigenvalue weighted by Gasteiger charge is 2.20. The van der Waals surface area contributed by atoms with Crippen molar-refractivity contribution >= 4 is 27.5 Å². The summed E-state index contributed by atoms with van der Waals surface area (Å²) in [6.07, 6.45) is 1.05. The van der Waals surface area contributed by atoms with Gasteiger partial charge in [0.05, 0.1) is 18.5 Å². The molecule has 2 rings (SSSR count). The highest BCUT2D eigenvalue weighted by Crippen LogP contribution is 2.27. The Morgan fingerprint density at radius 1 is 1.52 bits per heavy atom. The average molecular weight is 310 g/mol. The molecule has 1 atom stereocenters. The number of quaternary nitrogens is 1. The van der Waals surface area contributed by atoms with Gasteiger partial charge in [0.2, 0.25) is 0 Å². The zero-order valence-corrected chi connectivity index (χ0v) is 13.5. The molecule has 21 heavy (non-hydrogen) atoms. The Hall–Kier alpha value is -1.73. The largest absolute Gasteiger partial charge is 0.465 e. The second-order valence-corrected chi connectivity index (χ2v) is 6.06. The number of nitrogens with zero attached hydrogens (tertiary/aromatic N) is 1. The van der Waals surface area contributed by atoms with E-state index in [1.54, 1.807) is 6.92 Å². The lowest BCUT2D eigenvalue weighted by Gasteiger charge is -2.06. The fourth-order valence-electron chi connectivity index (χ4n) is 2.05. The maximum Gasteiger partial charge on any atom is 0.348 e. The normalized spacial score (nSPS) is 12.6. The first kappa shape index (κ1) is 15.7. The van der Waals surface area contributed by atoms with Gasteiger partial charge in [-0.05, 0) is 25.8 Å². The summed E-state index contributed by atoms with van der Waals surface area (Å²) in [4.78, 5) is 32.2. The Kier molecular flexibility index (Phi) is 4.74. The Morgan fingerprint density at radius 2 is 2.24 bits per heavy atom. The molecule has 0 spiro atoms. The molecular formula is C14H20N3O3S+. The second-order valence-electron chi connectivity index (χ2n) is 5.07. The molecule has 6 nitrogen and oxygen atoms in total. The van der Waals surface area contributed by atoms with Crippen molar-refractivity contribution in [3.05, 3.63) is 26.6 Å². The topological polar surface area (TPSA) is 88.7 Å². The molecule has 0 bridgehead atoms. The van der Waals surface area contributed by atoms with Gasteiger partial charge in [0, 0.05) is 0 Å². The van der Waals surface area contributed by atoms with E-state index in [4.69, 9.17) is 4.74 Å². The molecule has 0 aliphatic rings. The lowest BCUT2D eigenvalue weighted by atomic mass is 10.2. The number of nitrogens with one attached hydrogen (secondary N) is 1. The fourth-order valence-corrected chi connectivity index (χ4v) is 3.17. The van der Waals surface area contributed by atoms with Gasteiger partial charge in [-0.25, -0.2) is 9.78 Å². The van der Waals surface area contributed by atoms with Crippen molar-refractivity contribution in [3.63, 3.8) is 0 Å². The maximum atomic E-state index is 12.2. The van der Waals surface area contributed by atoms with Crippen LogP contribution in [0.25, 0.3) is 10.2 Å². The van der Waals surface area contributed by atoms with E-state index in [9.17, 15) is 9.59 Å². The van der Waals surface area contributed by atoms with Crippen molar-refractivity contribution in [2.75, 3.05) is 7.11 Å². The molecule has 7 heteroatoms. The van der Waals surface area contributed by atoms with E-state index in [0.29, 0.717) is 39.1 Å². The minimum atomic E-state index is -0.428. The number of aromatic nitrogens is 2. The van der Waals surface area contributed by atoms with Crippen LogP contribution in [0.5, 0.6) is 0 Å². The van der Waals surface area contributed by atoms with Crippen LogP contribution in [-0.2, 0) is 11.3 Å². The Morgan fingerprint density at radius 3 is 2.86 bits per heavy atom. The van der Waals surface area contributed by atoms with E-state index >= 15 is 0 Å². The lowest BCUT2D eigenvalue weighted by Crippen LogP contribution is -2.87. The number of esters is 1. The van der Waals surface area contributed by atoms with Gasteiger partial charge >= 0.3 is 5.97 Å². The molecular weight excluding hydrogens is 290 g/mol. The minimum absolute atomic E-state index is 0.198. The summed E-state index contributed by atoms with van der Waals surface area (Å²) in [6.45, 7) is 6.60. The van der Waals surface area contributed by atoms with Crippen LogP contribution in [0.2, 0.25) is 0 Å². The van der Waals surface area contributed by atoms with E-state index in [1.807, 2.05) is 0 Å². The van der Waals surface area contributed by atoms with Gasteiger partial charge in [0.25, 0.3) is 5.56 Å². The maximum absolute atomic E-state index is 12.2. The molecule has 2 heterocycles.